The molecule has 0 aliphatic carbocycles. The van der Waals surface area contributed by atoms with Gasteiger partial charge in [0.25, 0.3) is 5.69 Å². The Morgan fingerprint density at radius 1 is 1.44 bits per heavy atom. The number of rotatable bonds is 4. The van der Waals surface area contributed by atoms with Crippen molar-refractivity contribution in [1.29, 1.82) is 0 Å². The highest BCUT2D eigenvalue weighted by Crippen LogP contribution is 2.27. The standard InChI is InChI=1S/C12H17NO3/c1-5-16-10(4)11-6-8(2)9(3)12(7-11)13(14)15/h6-7,10H,5H2,1-4H3. The third-order valence-electron chi connectivity index (χ3n) is 2.75. The Labute approximate surface area is 95.4 Å². The van der Waals surface area contributed by atoms with Gasteiger partial charge in [-0.2, -0.15) is 0 Å². The number of nitro benzene ring substituents is 1. The summed E-state index contributed by atoms with van der Waals surface area (Å²) in [5.41, 5.74) is 2.67. The molecule has 1 rings (SSSR count). The minimum atomic E-state index is -0.343. The maximum Gasteiger partial charge on any atom is 0.272 e. The first-order valence-electron chi connectivity index (χ1n) is 5.34. The molecular formula is C12H17NO3. The first-order valence-corrected chi connectivity index (χ1v) is 5.34. The monoisotopic (exact) mass is 223 g/mol. The van der Waals surface area contributed by atoms with Crippen molar-refractivity contribution in [3.05, 3.63) is 38.9 Å². The van der Waals surface area contributed by atoms with E-state index in [0.717, 1.165) is 16.7 Å². The van der Waals surface area contributed by atoms with E-state index in [2.05, 4.69) is 0 Å². The lowest BCUT2D eigenvalue weighted by molar-refractivity contribution is -0.385. The summed E-state index contributed by atoms with van der Waals surface area (Å²) in [5, 5.41) is 10.9. The van der Waals surface area contributed by atoms with E-state index in [1.807, 2.05) is 26.8 Å². The lowest BCUT2D eigenvalue weighted by Crippen LogP contribution is -2.03. The highest BCUT2D eigenvalue weighted by atomic mass is 16.6. The third kappa shape index (κ3) is 2.58. The van der Waals surface area contributed by atoms with Crippen molar-refractivity contribution in [1.82, 2.24) is 0 Å². The van der Waals surface area contributed by atoms with Gasteiger partial charge in [-0.3, -0.25) is 10.1 Å². The Morgan fingerprint density at radius 2 is 2.06 bits per heavy atom. The van der Waals surface area contributed by atoms with E-state index in [1.54, 1.807) is 13.0 Å². The Kier molecular flexibility index (Phi) is 4.01. The number of hydrogen-bond acceptors (Lipinski definition) is 3. The molecule has 0 N–H and O–H groups in total. The number of hydrogen-bond donors (Lipinski definition) is 0. The number of benzene rings is 1. The summed E-state index contributed by atoms with van der Waals surface area (Å²) in [5.74, 6) is 0. The molecule has 1 aromatic rings. The van der Waals surface area contributed by atoms with E-state index >= 15 is 0 Å². The molecular weight excluding hydrogens is 206 g/mol. The van der Waals surface area contributed by atoms with Crippen LogP contribution in [0.2, 0.25) is 0 Å². The molecule has 4 nitrogen and oxygen atoms in total. The zero-order chi connectivity index (χ0) is 12.3. The molecule has 88 valence electrons. The Bertz CT molecular complexity index is 401. The van der Waals surface area contributed by atoms with E-state index in [9.17, 15) is 10.1 Å². The molecule has 0 radical (unpaired) electrons. The van der Waals surface area contributed by atoms with Crippen molar-refractivity contribution in [3.63, 3.8) is 0 Å². The molecule has 1 unspecified atom stereocenters. The predicted octanol–water partition coefficient (Wildman–Crippen LogP) is 3.31. The van der Waals surface area contributed by atoms with Gasteiger partial charge in [0.2, 0.25) is 0 Å². The van der Waals surface area contributed by atoms with E-state index in [0.29, 0.717) is 6.61 Å². The summed E-state index contributed by atoms with van der Waals surface area (Å²) in [6.07, 6.45) is -0.108. The maximum atomic E-state index is 10.9. The van der Waals surface area contributed by atoms with E-state index in [1.165, 1.54) is 0 Å². The highest BCUT2D eigenvalue weighted by molar-refractivity contribution is 5.47. The fourth-order valence-corrected chi connectivity index (χ4v) is 1.64. The average molecular weight is 223 g/mol. The van der Waals surface area contributed by atoms with Gasteiger partial charge in [0.05, 0.1) is 11.0 Å². The van der Waals surface area contributed by atoms with Crippen molar-refractivity contribution in [3.8, 4) is 0 Å². The highest BCUT2D eigenvalue weighted by Gasteiger charge is 2.16. The first-order chi connectivity index (χ1) is 7.47. The van der Waals surface area contributed by atoms with Crippen molar-refractivity contribution >= 4 is 5.69 Å². The van der Waals surface area contributed by atoms with Crippen LogP contribution in [0.1, 0.15) is 36.6 Å². The van der Waals surface area contributed by atoms with Crippen LogP contribution in [0, 0.1) is 24.0 Å². The molecule has 0 bridgehead atoms. The van der Waals surface area contributed by atoms with E-state index in [-0.39, 0.29) is 16.7 Å². The van der Waals surface area contributed by atoms with Gasteiger partial charge in [0.15, 0.2) is 0 Å². The van der Waals surface area contributed by atoms with Crippen LogP contribution in [0.3, 0.4) is 0 Å². The Hall–Kier alpha value is -1.42. The van der Waals surface area contributed by atoms with Gasteiger partial charge in [-0.1, -0.05) is 6.07 Å². The molecule has 0 saturated carbocycles. The zero-order valence-electron chi connectivity index (χ0n) is 10.1. The average Bonchev–Trinajstić information content (AvgIpc) is 2.21. The summed E-state index contributed by atoms with van der Waals surface area (Å²) < 4.78 is 5.43. The van der Waals surface area contributed by atoms with Crippen LogP contribution in [0.15, 0.2) is 12.1 Å². The lowest BCUT2D eigenvalue weighted by atomic mass is 10.0. The quantitative estimate of drug-likeness (QED) is 0.581. The topological polar surface area (TPSA) is 52.4 Å². The molecule has 0 spiro atoms. The fraction of sp³-hybridized carbons (Fsp3) is 0.500. The SMILES string of the molecule is CCOC(C)c1cc(C)c(C)c([N+](=O)[O-])c1. The minimum absolute atomic E-state index is 0.108. The maximum absolute atomic E-state index is 10.9. The largest absolute Gasteiger partial charge is 0.374 e. The molecule has 0 aliphatic rings. The van der Waals surface area contributed by atoms with Crippen molar-refractivity contribution in [2.24, 2.45) is 0 Å². The lowest BCUT2D eigenvalue weighted by Gasteiger charge is -2.13. The van der Waals surface area contributed by atoms with Crippen molar-refractivity contribution in [2.45, 2.75) is 33.8 Å². The van der Waals surface area contributed by atoms with Crippen molar-refractivity contribution in [2.75, 3.05) is 6.61 Å². The predicted molar refractivity (Wildman–Crippen MR) is 62.6 cm³/mol. The van der Waals surface area contributed by atoms with E-state index in [4.69, 9.17) is 4.74 Å². The van der Waals surface area contributed by atoms with Crippen LogP contribution in [-0.4, -0.2) is 11.5 Å². The number of nitro groups is 1. The molecule has 1 atom stereocenters. The number of ether oxygens (including phenoxy) is 1. The Morgan fingerprint density at radius 3 is 2.56 bits per heavy atom. The van der Waals surface area contributed by atoms with Crippen LogP contribution in [0.4, 0.5) is 5.69 Å². The number of nitrogens with zero attached hydrogens (tertiary/aromatic N) is 1. The molecule has 0 amide bonds. The molecule has 0 fully saturated rings. The molecule has 0 aromatic heterocycles. The van der Waals surface area contributed by atoms with Gasteiger partial charge in [-0.25, -0.2) is 0 Å². The normalized spacial score (nSPS) is 12.5. The molecule has 0 aliphatic heterocycles. The van der Waals surface area contributed by atoms with Gasteiger partial charge < -0.3 is 4.74 Å². The second-order valence-electron chi connectivity index (χ2n) is 3.84. The number of aryl methyl sites for hydroxylation is 1. The smallest absolute Gasteiger partial charge is 0.272 e. The summed E-state index contributed by atoms with van der Waals surface area (Å²) in [4.78, 5) is 10.5. The van der Waals surface area contributed by atoms with Gasteiger partial charge >= 0.3 is 0 Å². The van der Waals surface area contributed by atoms with Crippen molar-refractivity contribution < 1.29 is 9.66 Å². The van der Waals surface area contributed by atoms with Crippen LogP contribution >= 0.6 is 0 Å². The third-order valence-corrected chi connectivity index (χ3v) is 2.75. The van der Waals surface area contributed by atoms with E-state index < -0.39 is 0 Å². The Balaban J connectivity index is 3.18. The summed E-state index contributed by atoms with van der Waals surface area (Å²) in [6.45, 7) is 8.05. The van der Waals surface area contributed by atoms with Gasteiger partial charge in [-0.15, -0.1) is 0 Å². The van der Waals surface area contributed by atoms with Crippen LogP contribution < -0.4 is 0 Å². The molecule has 16 heavy (non-hydrogen) atoms. The van der Waals surface area contributed by atoms with Crippen LogP contribution in [0.5, 0.6) is 0 Å². The first kappa shape index (κ1) is 12.6. The molecule has 0 heterocycles. The fourth-order valence-electron chi connectivity index (χ4n) is 1.64. The summed E-state index contributed by atoms with van der Waals surface area (Å²) in [6, 6.07) is 3.55. The second-order valence-corrected chi connectivity index (χ2v) is 3.84. The van der Waals surface area contributed by atoms with Crippen LogP contribution in [0.25, 0.3) is 0 Å². The molecule has 4 heteroatoms. The summed E-state index contributed by atoms with van der Waals surface area (Å²) >= 11 is 0. The molecule has 1 aromatic carbocycles. The summed E-state index contributed by atoms with van der Waals surface area (Å²) in [7, 11) is 0. The van der Waals surface area contributed by atoms with Crippen LogP contribution in [-0.2, 0) is 4.74 Å². The second kappa shape index (κ2) is 5.07. The molecule has 0 saturated heterocycles. The van der Waals surface area contributed by atoms with Gasteiger partial charge in [0.1, 0.15) is 0 Å². The zero-order valence-corrected chi connectivity index (χ0v) is 10.1. The van der Waals surface area contributed by atoms with Gasteiger partial charge in [0, 0.05) is 18.2 Å². The minimum Gasteiger partial charge on any atom is -0.374 e. The van der Waals surface area contributed by atoms with Gasteiger partial charge in [-0.05, 0) is 38.8 Å².